The van der Waals surface area contributed by atoms with Crippen molar-refractivity contribution in [2.45, 2.75) is 38.2 Å². The summed E-state index contributed by atoms with van der Waals surface area (Å²) < 4.78 is 0. The molecule has 0 aliphatic heterocycles. The number of rotatable bonds is 2. The van der Waals surface area contributed by atoms with Gasteiger partial charge in [0.05, 0.1) is 11.5 Å². The second-order valence-electron chi connectivity index (χ2n) is 6.24. The van der Waals surface area contributed by atoms with E-state index < -0.39 is 11.0 Å². The second kappa shape index (κ2) is 4.23. The first-order chi connectivity index (χ1) is 8.99. The first-order valence-corrected chi connectivity index (χ1v) is 7.27. The minimum absolute atomic E-state index is 0.327. The van der Waals surface area contributed by atoms with Gasteiger partial charge in [0.2, 0.25) is 0 Å². The van der Waals surface area contributed by atoms with Crippen LogP contribution in [-0.4, -0.2) is 5.11 Å². The van der Waals surface area contributed by atoms with Crippen LogP contribution in [-0.2, 0) is 5.60 Å². The molecule has 0 aromatic heterocycles. The number of aliphatic hydroxyl groups is 1. The average Bonchev–Trinajstić information content (AvgIpc) is 3.00. The van der Waals surface area contributed by atoms with E-state index in [-0.39, 0.29) is 0 Å². The molecular weight excluding hydrogens is 258 g/mol. The van der Waals surface area contributed by atoms with Crippen LogP contribution in [0.3, 0.4) is 0 Å². The van der Waals surface area contributed by atoms with Crippen molar-refractivity contribution in [3.8, 4) is 6.07 Å². The number of hydrogen-bond acceptors (Lipinski definition) is 2. The molecule has 2 bridgehead atoms. The number of benzene rings is 1. The Morgan fingerprint density at radius 2 is 2.05 bits per heavy atom. The Hall–Kier alpha value is -1.04. The molecule has 1 aromatic rings. The quantitative estimate of drug-likeness (QED) is 0.890. The van der Waals surface area contributed by atoms with Gasteiger partial charge in [0.1, 0.15) is 5.60 Å². The molecule has 2 aliphatic rings. The minimum Gasteiger partial charge on any atom is -0.384 e. The molecule has 0 radical (unpaired) electrons. The zero-order valence-electron chi connectivity index (χ0n) is 11.1. The van der Waals surface area contributed by atoms with Gasteiger partial charge >= 0.3 is 0 Å². The van der Waals surface area contributed by atoms with E-state index in [0.717, 1.165) is 24.8 Å². The van der Waals surface area contributed by atoms with E-state index >= 15 is 0 Å². The van der Waals surface area contributed by atoms with Crippen molar-refractivity contribution in [3.05, 3.63) is 34.9 Å². The summed E-state index contributed by atoms with van der Waals surface area (Å²) in [6, 6.07) is 9.72. The summed E-state index contributed by atoms with van der Waals surface area (Å²) in [4.78, 5) is 0. The van der Waals surface area contributed by atoms with Gasteiger partial charge in [-0.2, -0.15) is 5.26 Å². The van der Waals surface area contributed by atoms with Crippen LogP contribution in [0.1, 0.15) is 38.2 Å². The van der Waals surface area contributed by atoms with Crippen LogP contribution in [0.5, 0.6) is 0 Å². The van der Waals surface area contributed by atoms with Crippen LogP contribution in [0.2, 0.25) is 5.02 Å². The van der Waals surface area contributed by atoms with Gasteiger partial charge in [-0.1, -0.05) is 30.2 Å². The SMILES string of the molecule is CC(O)(c1ccc(Cl)cc1)C1(C#N)CC2CCC1C2. The van der Waals surface area contributed by atoms with Crippen LogP contribution >= 0.6 is 11.6 Å². The Morgan fingerprint density at radius 3 is 2.53 bits per heavy atom. The molecule has 1 aromatic carbocycles. The van der Waals surface area contributed by atoms with E-state index in [9.17, 15) is 10.4 Å². The summed E-state index contributed by atoms with van der Waals surface area (Å²) in [5, 5.41) is 21.5. The highest BCUT2D eigenvalue weighted by Gasteiger charge is 2.60. The van der Waals surface area contributed by atoms with E-state index in [2.05, 4.69) is 6.07 Å². The van der Waals surface area contributed by atoms with Crippen molar-refractivity contribution in [1.82, 2.24) is 0 Å². The number of nitrogens with zero attached hydrogens (tertiary/aromatic N) is 1. The van der Waals surface area contributed by atoms with Crippen LogP contribution in [0, 0.1) is 28.6 Å². The third-order valence-electron chi connectivity index (χ3n) is 5.32. The molecule has 0 amide bonds. The smallest absolute Gasteiger partial charge is 0.106 e. The van der Waals surface area contributed by atoms with E-state index in [1.807, 2.05) is 12.1 Å². The monoisotopic (exact) mass is 275 g/mol. The third kappa shape index (κ3) is 1.72. The Kier molecular flexibility index (Phi) is 2.89. The largest absolute Gasteiger partial charge is 0.384 e. The average molecular weight is 276 g/mol. The summed E-state index contributed by atoms with van der Waals surface area (Å²) >= 11 is 5.91. The van der Waals surface area contributed by atoms with Crippen LogP contribution in [0.25, 0.3) is 0 Å². The van der Waals surface area contributed by atoms with Gasteiger partial charge in [-0.05, 0) is 55.7 Å². The molecule has 2 aliphatic carbocycles. The van der Waals surface area contributed by atoms with Crippen LogP contribution in [0.4, 0.5) is 0 Å². The number of fused-ring (bicyclic) bond motifs is 2. The highest BCUT2D eigenvalue weighted by Crippen LogP contribution is 2.62. The zero-order chi connectivity index (χ0) is 13.7. The van der Waals surface area contributed by atoms with Crippen molar-refractivity contribution in [3.63, 3.8) is 0 Å². The van der Waals surface area contributed by atoms with Crippen molar-refractivity contribution < 1.29 is 5.11 Å². The fraction of sp³-hybridized carbons (Fsp3) is 0.562. The Labute approximate surface area is 119 Å². The van der Waals surface area contributed by atoms with Crippen LogP contribution in [0.15, 0.2) is 24.3 Å². The lowest BCUT2D eigenvalue weighted by molar-refractivity contribution is -0.0734. The minimum atomic E-state index is -1.10. The molecule has 2 saturated carbocycles. The number of nitriles is 1. The standard InChI is InChI=1S/C16H18ClNO/c1-15(19,12-4-6-14(17)7-5-12)16(10-18)9-11-2-3-13(16)8-11/h4-7,11,13,19H,2-3,8-9H2,1H3. The van der Waals surface area contributed by atoms with Gasteiger partial charge in [-0.15, -0.1) is 0 Å². The number of halogens is 1. The summed E-state index contributed by atoms with van der Waals surface area (Å²) in [5.41, 5.74) is -0.943. The summed E-state index contributed by atoms with van der Waals surface area (Å²) in [5.74, 6) is 0.941. The van der Waals surface area contributed by atoms with E-state index in [4.69, 9.17) is 11.6 Å². The molecule has 0 heterocycles. The molecule has 2 nitrogen and oxygen atoms in total. The van der Waals surface area contributed by atoms with Gasteiger partial charge in [0.25, 0.3) is 0 Å². The van der Waals surface area contributed by atoms with Crippen molar-refractivity contribution in [1.29, 1.82) is 5.26 Å². The van der Waals surface area contributed by atoms with Gasteiger partial charge < -0.3 is 5.11 Å². The molecule has 3 rings (SSSR count). The molecule has 3 heteroatoms. The molecule has 100 valence electrons. The van der Waals surface area contributed by atoms with E-state index in [0.29, 0.717) is 16.9 Å². The van der Waals surface area contributed by atoms with Crippen molar-refractivity contribution in [2.24, 2.45) is 17.3 Å². The second-order valence-corrected chi connectivity index (χ2v) is 6.68. The lowest BCUT2D eigenvalue weighted by atomic mass is 9.61. The predicted molar refractivity (Wildman–Crippen MR) is 74.5 cm³/mol. The molecular formula is C16H18ClNO. The third-order valence-corrected chi connectivity index (χ3v) is 5.58. The maximum absolute atomic E-state index is 11.1. The lowest BCUT2D eigenvalue weighted by Gasteiger charge is -2.43. The first-order valence-electron chi connectivity index (χ1n) is 6.89. The van der Waals surface area contributed by atoms with Gasteiger partial charge in [0.15, 0.2) is 0 Å². The number of hydrogen-bond donors (Lipinski definition) is 1. The topological polar surface area (TPSA) is 44.0 Å². The zero-order valence-corrected chi connectivity index (χ0v) is 11.8. The van der Waals surface area contributed by atoms with E-state index in [1.165, 1.54) is 6.42 Å². The fourth-order valence-electron chi connectivity index (χ4n) is 4.20. The van der Waals surface area contributed by atoms with Gasteiger partial charge in [-0.25, -0.2) is 0 Å². The fourth-order valence-corrected chi connectivity index (χ4v) is 4.33. The van der Waals surface area contributed by atoms with Gasteiger partial charge in [-0.3, -0.25) is 0 Å². The van der Waals surface area contributed by atoms with Crippen molar-refractivity contribution in [2.75, 3.05) is 0 Å². The highest BCUT2D eigenvalue weighted by molar-refractivity contribution is 6.30. The normalized spacial score (nSPS) is 35.9. The first kappa shape index (κ1) is 13.0. The maximum atomic E-state index is 11.1. The Morgan fingerprint density at radius 1 is 1.37 bits per heavy atom. The molecule has 1 N–H and O–H groups in total. The van der Waals surface area contributed by atoms with Crippen LogP contribution < -0.4 is 0 Å². The molecule has 0 saturated heterocycles. The molecule has 4 unspecified atom stereocenters. The summed E-state index contributed by atoms with van der Waals surface area (Å²) in [6.45, 7) is 1.79. The Bertz CT molecular complexity index is 531. The molecule has 2 fully saturated rings. The Balaban J connectivity index is 2.03. The maximum Gasteiger partial charge on any atom is 0.106 e. The van der Waals surface area contributed by atoms with Gasteiger partial charge in [0, 0.05) is 5.02 Å². The van der Waals surface area contributed by atoms with Crippen molar-refractivity contribution >= 4 is 11.6 Å². The summed E-state index contributed by atoms with van der Waals surface area (Å²) in [6.07, 6.45) is 4.20. The molecule has 4 atom stereocenters. The predicted octanol–water partition coefficient (Wildman–Crippen LogP) is 3.88. The summed E-state index contributed by atoms with van der Waals surface area (Å²) in [7, 11) is 0. The van der Waals surface area contributed by atoms with E-state index in [1.54, 1.807) is 19.1 Å². The molecule has 19 heavy (non-hydrogen) atoms. The highest BCUT2D eigenvalue weighted by atomic mass is 35.5. The lowest BCUT2D eigenvalue weighted by Crippen LogP contribution is -2.46. The molecule has 0 spiro atoms.